The number of carbonyl (C=O) groups excluding carboxylic acids is 1. The number of aromatic nitrogens is 2. The van der Waals surface area contributed by atoms with Gasteiger partial charge < -0.3 is 10.1 Å². The molecule has 1 fully saturated rings. The van der Waals surface area contributed by atoms with Crippen LogP contribution in [0.4, 0.5) is 0 Å². The second kappa shape index (κ2) is 9.67. The highest BCUT2D eigenvalue weighted by molar-refractivity contribution is 6.31. The molecule has 1 aromatic heterocycles. The first-order valence-electron chi connectivity index (χ1n) is 10.2. The minimum atomic E-state index is -0.322. The van der Waals surface area contributed by atoms with Gasteiger partial charge in [0.1, 0.15) is 11.3 Å². The fraction of sp³-hybridized carbons (Fsp3) is 0.292. The molecule has 0 spiro atoms. The lowest BCUT2D eigenvalue weighted by Gasteiger charge is -2.18. The van der Waals surface area contributed by atoms with Gasteiger partial charge in [0.2, 0.25) is 0 Å². The van der Waals surface area contributed by atoms with Gasteiger partial charge >= 0.3 is 0 Å². The minimum absolute atomic E-state index is 0.244. The highest BCUT2D eigenvalue weighted by Crippen LogP contribution is 2.41. The minimum Gasteiger partial charge on any atom is -0.455 e. The average Bonchev–Trinajstić information content (AvgIpc) is 3.61. The van der Waals surface area contributed by atoms with E-state index in [1.54, 1.807) is 0 Å². The van der Waals surface area contributed by atoms with Gasteiger partial charge in [0.15, 0.2) is 5.75 Å². The van der Waals surface area contributed by atoms with Gasteiger partial charge in [-0.3, -0.25) is 4.79 Å². The summed E-state index contributed by atoms with van der Waals surface area (Å²) < 4.78 is 6.00. The molecule has 1 N–H and O–H groups in total. The molecule has 1 heterocycles. The molecular formula is C24H23Cl2N3O2. The number of rotatable bonds is 8. The number of nitrogens with zero attached hydrogens (tertiary/aromatic N) is 2. The van der Waals surface area contributed by atoms with Crippen molar-refractivity contribution in [3.8, 4) is 11.5 Å². The Labute approximate surface area is 191 Å². The van der Waals surface area contributed by atoms with Crippen molar-refractivity contribution in [3.63, 3.8) is 0 Å². The summed E-state index contributed by atoms with van der Waals surface area (Å²) in [6, 6.07) is 13.5. The van der Waals surface area contributed by atoms with E-state index in [4.69, 9.17) is 27.9 Å². The summed E-state index contributed by atoms with van der Waals surface area (Å²) in [4.78, 5) is 13.0. The van der Waals surface area contributed by atoms with Crippen LogP contribution in [0.25, 0.3) is 0 Å². The zero-order valence-corrected chi connectivity index (χ0v) is 18.7. The molecule has 5 nitrogen and oxygen atoms in total. The summed E-state index contributed by atoms with van der Waals surface area (Å²) in [5, 5.41) is 11.4. The van der Waals surface area contributed by atoms with E-state index in [-0.39, 0.29) is 17.8 Å². The number of alkyl halides is 1. The largest absolute Gasteiger partial charge is 0.455 e. The highest BCUT2D eigenvalue weighted by atomic mass is 35.5. The van der Waals surface area contributed by atoms with E-state index in [1.807, 2.05) is 43.3 Å². The first-order valence-corrected chi connectivity index (χ1v) is 11.1. The van der Waals surface area contributed by atoms with Crippen molar-refractivity contribution in [2.45, 2.75) is 38.1 Å². The first kappa shape index (κ1) is 21.6. The lowest BCUT2D eigenvalue weighted by Crippen LogP contribution is -2.38. The third-order valence-corrected chi connectivity index (χ3v) is 5.99. The molecule has 1 amide bonds. The molecule has 4 rings (SSSR count). The standard InChI is InChI=1S/C24H23Cl2N3O2/c1-15-5-6-18(22(26)9-15)10-19(12-25)29-24(30)21-13-27-28-14-23(21)31-20-4-2-3-17(11-20)16-7-8-16/h2-6,9,11,13-14,16,19H,7-8,10,12H2,1H3,(H,29,30)/t19-/m1/s1. The maximum absolute atomic E-state index is 13.0. The van der Waals surface area contributed by atoms with Crippen LogP contribution in [0.3, 0.4) is 0 Å². The van der Waals surface area contributed by atoms with Gasteiger partial charge in [-0.05, 0) is 67.0 Å². The molecule has 160 valence electrons. The van der Waals surface area contributed by atoms with Gasteiger partial charge in [-0.2, -0.15) is 10.2 Å². The van der Waals surface area contributed by atoms with Gasteiger partial charge in [0.25, 0.3) is 5.91 Å². The number of nitrogens with one attached hydrogen (secondary N) is 1. The fourth-order valence-electron chi connectivity index (χ4n) is 3.43. The van der Waals surface area contributed by atoms with Crippen molar-refractivity contribution >= 4 is 29.1 Å². The fourth-order valence-corrected chi connectivity index (χ4v) is 3.93. The van der Waals surface area contributed by atoms with Crippen LogP contribution in [0.15, 0.2) is 54.9 Å². The lowest BCUT2D eigenvalue weighted by atomic mass is 10.0. The Balaban J connectivity index is 1.48. The summed E-state index contributed by atoms with van der Waals surface area (Å²) in [5.41, 5.74) is 3.56. The maximum Gasteiger partial charge on any atom is 0.257 e. The van der Waals surface area contributed by atoms with Crippen LogP contribution in [0.5, 0.6) is 11.5 Å². The molecule has 0 unspecified atom stereocenters. The van der Waals surface area contributed by atoms with Gasteiger partial charge in [-0.25, -0.2) is 0 Å². The van der Waals surface area contributed by atoms with E-state index in [1.165, 1.54) is 30.8 Å². The van der Waals surface area contributed by atoms with Crippen molar-refractivity contribution < 1.29 is 9.53 Å². The molecule has 0 bridgehead atoms. The normalized spacial score (nSPS) is 14.2. The molecule has 1 atom stereocenters. The maximum atomic E-state index is 13.0. The van der Waals surface area contributed by atoms with Crippen LogP contribution in [0.1, 0.15) is 45.8 Å². The Morgan fingerprint density at radius 1 is 1.19 bits per heavy atom. The molecule has 0 aliphatic heterocycles. The van der Waals surface area contributed by atoms with E-state index in [0.717, 1.165) is 11.1 Å². The van der Waals surface area contributed by atoms with E-state index in [0.29, 0.717) is 34.4 Å². The van der Waals surface area contributed by atoms with Gasteiger partial charge in [-0.15, -0.1) is 11.6 Å². The number of carbonyl (C=O) groups is 1. The summed E-state index contributed by atoms with van der Waals surface area (Å²) in [5.74, 6) is 1.56. The number of aryl methyl sites for hydroxylation is 1. The third kappa shape index (κ3) is 5.54. The van der Waals surface area contributed by atoms with Crippen LogP contribution in [-0.2, 0) is 6.42 Å². The summed E-state index contributed by atoms with van der Waals surface area (Å²) in [7, 11) is 0. The first-order chi connectivity index (χ1) is 15.0. The van der Waals surface area contributed by atoms with E-state index in [2.05, 4.69) is 21.6 Å². The number of halogens is 2. The Morgan fingerprint density at radius 2 is 2.00 bits per heavy atom. The SMILES string of the molecule is Cc1ccc(C[C@H](CCl)NC(=O)c2cnncc2Oc2cccc(C3CC3)c2)c(Cl)c1. The van der Waals surface area contributed by atoms with Crippen LogP contribution in [0, 0.1) is 6.92 Å². The van der Waals surface area contributed by atoms with Crippen molar-refractivity contribution in [3.05, 3.63) is 82.1 Å². The number of benzene rings is 2. The number of amides is 1. The molecule has 1 aliphatic rings. The summed E-state index contributed by atoms with van der Waals surface area (Å²) in [6.45, 7) is 1.98. The molecule has 0 saturated heterocycles. The number of ether oxygens (including phenoxy) is 1. The Bertz CT molecular complexity index is 1090. The van der Waals surface area contributed by atoms with Crippen molar-refractivity contribution in [1.82, 2.24) is 15.5 Å². The van der Waals surface area contributed by atoms with Crippen LogP contribution in [0.2, 0.25) is 5.02 Å². The van der Waals surface area contributed by atoms with E-state index < -0.39 is 0 Å². The van der Waals surface area contributed by atoms with Crippen molar-refractivity contribution in [2.75, 3.05) is 5.88 Å². The summed E-state index contributed by atoms with van der Waals surface area (Å²) >= 11 is 12.5. The van der Waals surface area contributed by atoms with Gasteiger partial charge in [0, 0.05) is 16.9 Å². The highest BCUT2D eigenvalue weighted by Gasteiger charge is 2.24. The molecule has 1 saturated carbocycles. The second-order valence-corrected chi connectivity index (χ2v) is 8.56. The summed E-state index contributed by atoms with van der Waals surface area (Å²) in [6.07, 6.45) is 5.79. The topological polar surface area (TPSA) is 64.1 Å². The van der Waals surface area contributed by atoms with Crippen LogP contribution < -0.4 is 10.1 Å². The molecular weight excluding hydrogens is 433 g/mol. The molecule has 3 aromatic rings. The molecule has 0 radical (unpaired) electrons. The van der Waals surface area contributed by atoms with Crippen LogP contribution in [-0.4, -0.2) is 28.0 Å². The monoisotopic (exact) mass is 455 g/mol. The molecule has 1 aliphatic carbocycles. The van der Waals surface area contributed by atoms with E-state index >= 15 is 0 Å². The zero-order chi connectivity index (χ0) is 21.8. The van der Waals surface area contributed by atoms with Crippen LogP contribution >= 0.6 is 23.2 Å². The molecule has 31 heavy (non-hydrogen) atoms. The van der Waals surface area contributed by atoms with E-state index in [9.17, 15) is 4.79 Å². The average molecular weight is 456 g/mol. The smallest absolute Gasteiger partial charge is 0.257 e. The van der Waals surface area contributed by atoms with Gasteiger partial charge in [-0.1, -0.05) is 35.9 Å². The Morgan fingerprint density at radius 3 is 2.74 bits per heavy atom. The lowest BCUT2D eigenvalue weighted by molar-refractivity contribution is 0.0937. The number of hydrogen-bond acceptors (Lipinski definition) is 4. The Hall–Kier alpha value is -2.63. The molecule has 7 heteroatoms. The predicted molar refractivity (Wildman–Crippen MR) is 122 cm³/mol. The Kier molecular flexibility index (Phi) is 6.73. The van der Waals surface area contributed by atoms with Crippen molar-refractivity contribution in [1.29, 1.82) is 0 Å². The predicted octanol–water partition coefficient (Wildman–Crippen LogP) is 5.69. The molecule has 2 aromatic carbocycles. The zero-order valence-electron chi connectivity index (χ0n) is 17.1. The number of hydrogen-bond donors (Lipinski definition) is 1. The second-order valence-electron chi connectivity index (χ2n) is 7.84. The van der Waals surface area contributed by atoms with Crippen molar-refractivity contribution in [2.24, 2.45) is 0 Å². The quantitative estimate of drug-likeness (QED) is 0.443. The van der Waals surface area contributed by atoms with Gasteiger partial charge in [0.05, 0.1) is 12.4 Å². The third-order valence-electron chi connectivity index (χ3n) is 5.27.